The molecule has 0 spiro atoms. The molecule has 0 unspecified atom stereocenters. The number of benzene rings is 2. The molecule has 1 amide bonds. The summed E-state index contributed by atoms with van der Waals surface area (Å²) in [4.78, 5) is 30.4. The normalized spacial score (nSPS) is 16.9. The zero-order valence-electron chi connectivity index (χ0n) is 22.0. The Balaban J connectivity index is 2.14. The number of carbonyl (C=O) groups is 2. The number of rotatable bonds is 12. The molecular weight excluding hydrogens is 496 g/mol. The van der Waals surface area contributed by atoms with Gasteiger partial charge in [0.25, 0.3) is 11.7 Å². The number of hydrogen-bond donors (Lipinski definition) is 1. The largest absolute Gasteiger partial charge is 0.507 e. The van der Waals surface area contributed by atoms with Gasteiger partial charge in [-0.25, -0.2) is 0 Å². The van der Waals surface area contributed by atoms with E-state index in [-0.39, 0.29) is 16.4 Å². The van der Waals surface area contributed by atoms with Crippen LogP contribution in [0.15, 0.2) is 42.0 Å². The van der Waals surface area contributed by atoms with E-state index in [9.17, 15) is 14.7 Å². The Morgan fingerprint density at radius 3 is 2.32 bits per heavy atom. The highest BCUT2D eigenvalue weighted by molar-refractivity contribution is 6.46. The zero-order valence-corrected chi connectivity index (χ0v) is 22.8. The highest BCUT2D eigenvalue weighted by Gasteiger charge is 2.47. The first-order valence-electron chi connectivity index (χ1n) is 12.5. The lowest BCUT2D eigenvalue weighted by Gasteiger charge is -2.28. The van der Waals surface area contributed by atoms with Gasteiger partial charge in [0.15, 0.2) is 0 Å². The van der Waals surface area contributed by atoms with Crippen molar-refractivity contribution in [3.05, 3.63) is 58.1 Å². The summed E-state index contributed by atoms with van der Waals surface area (Å²) in [6.07, 6.45) is 0.659. The third kappa shape index (κ3) is 6.02. The van der Waals surface area contributed by atoms with Gasteiger partial charge in [-0.05, 0) is 69.4 Å². The van der Waals surface area contributed by atoms with Crippen LogP contribution in [-0.2, 0) is 9.59 Å². The fourth-order valence-electron chi connectivity index (χ4n) is 4.57. The highest BCUT2D eigenvalue weighted by atomic mass is 35.5. The minimum absolute atomic E-state index is 0.0281. The summed E-state index contributed by atoms with van der Waals surface area (Å²) < 4.78 is 16.5. The van der Waals surface area contributed by atoms with E-state index in [0.717, 1.165) is 19.6 Å². The Morgan fingerprint density at radius 1 is 1.03 bits per heavy atom. The number of hydrogen-bond acceptors (Lipinski definition) is 7. The molecule has 0 aromatic heterocycles. The maximum absolute atomic E-state index is 13.4. The number of likely N-dealkylation sites (tertiary alicyclic amines) is 1. The van der Waals surface area contributed by atoms with Gasteiger partial charge in [0.1, 0.15) is 23.0 Å². The maximum Gasteiger partial charge on any atom is 0.295 e. The van der Waals surface area contributed by atoms with Crippen LogP contribution in [0.3, 0.4) is 0 Å². The van der Waals surface area contributed by atoms with Gasteiger partial charge in [0.05, 0.1) is 37.5 Å². The summed E-state index contributed by atoms with van der Waals surface area (Å²) in [5.41, 5.74) is 0.823. The Labute approximate surface area is 223 Å². The molecule has 1 saturated heterocycles. The van der Waals surface area contributed by atoms with Gasteiger partial charge in [-0.2, -0.15) is 0 Å². The van der Waals surface area contributed by atoms with Gasteiger partial charge in [-0.3, -0.25) is 9.59 Å². The maximum atomic E-state index is 13.4. The molecule has 1 N–H and O–H groups in total. The Hall–Kier alpha value is -3.23. The molecule has 3 rings (SSSR count). The second-order valence-electron chi connectivity index (χ2n) is 8.56. The Morgan fingerprint density at radius 2 is 1.73 bits per heavy atom. The third-order valence-electron chi connectivity index (χ3n) is 6.54. The predicted octanol–water partition coefficient (Wildman–Crippen LogP) is 4.91. The van der Waals surface area contributed by atoms with E-state index in [1.807, 2.05) is 6.92 Å². The molecule has 0 radical (unpaired) electrons. The summed E-state index contributed by atoms with van der Waals surface area (Å²) in [5.74, 6) is -0.285. The minimum Gasteiger partial charge on any atom is -0.507 e. The van der Waals surface area contributed by atoms with Crippen molar-refractivity contribution < 1.29 is 28.9 Å². The van der Waals surface area contributed by atoms with Crippen LogP contribution in [0.2, 0.25) is 5.02 Å². The van der Waals surface area contributed by atoms with Crippen LogP contribution in [0.1, 0.15) is 44.4 Å². The molecule has 200 valence electrons. The van der Waals surface area contributed by atoms with Gasteiger partial charge >= 0.3 is 0 Å². The standard InChI is InChI=1S/C28H35ClN2O6/c1-6-30(7-2)14-9-15-31-25(20-17-19(35-4)11-13-22(20)36-5)24(27(33)28(31)34)26(32)18-10-12-23(37-8-3)21(29)16-18/h10-13,16-17,25,32H,6-9,14-15H2,1-5H3/b26-24+/t25-/m1/s1. The van der Waals surface area contributed by atoms with E-state index < -0.39 is 17.7 Å². The van der Waals surface area contributed by atoms with Gasteiger partial charge < -0.3 is 29.1 Å². The smallest absolute Gasteiger partial charge is 0.295 e. The number of nitrogens with zero attached hydrogens (tertiary/aromatic N) is 2. The molecule has 2 aromatic rings. The molecule has 1 fully saturated rings. The number of aliphatic hydroxyl groups excluding tert-OH is 1. The van der Waals surface area contributed by atoms with Crippen molar-refractivity contribution in [1.82, 2.24) is 9.80 Å². The van der Waals surface area contributed by atoms with Crippen LogP contribution in [0.4, 0.5) is 0 Å². The molecule has 1 aliphatic heterocycles. The quantitative estimate of drug-likeness (QED) is 0.237. The van der Waals surface area contributed by atoms with Crippen LogP contribution < -0.4 is 14.2 Å². The number of ether oxygens (including phenoxy) is 3. The summed E-state index contributed by atoms with van der Waals surface area (Å²) >= 11 is 6.36. The van der Waals surface area contributed by atoms with E-state index in [2.05, 4.69) is 18.7 Å². The van der Waals surface area contributed by atoms with Gasteiger partial charge in [0, 0.05) is 17.7 Å². The van der Waals surface area contributed by atoms with Crippen molar-refractivity contribution in [2.24, 2.45) is 0 Å². The van der Waals surface area contributed by atoms with Gasteiger partial charge in [0.2, 0.25) is 0 Å². The number of ketones is 1. The second kappa shape index (κ2) is 12.8. The Kier molecular flexibility index (Phi) is 9.83. The topological polar surface area (TPSA) is 88.5 Å². The number of methoxy groups -OCH3 is 2. The second-order valence-corrected chi connectivity index (χ2v) is 8.97. The van der Waals surface area contributed by atoms with Crippen molar-refractivity contribution in [3.8, 4) is 17.2 Å². The molecule has 1 heterocycles. The molecule has 0 bridgehead atoms. The molecule has 9 heteroatoms. The molecule has 0 saturated carbocycles. The van der Waals surface area contributed by atoms with Crippen LogP contribution >= 0.6 is 11.6 Å². The molecule has 8 nitrogen and oxygen atoms in total. The van der Waals surface area contributed by atoms with E-state index in [1.54, 1.807) is 30.3 Å². The van der Waals surface area contributed by atoms with Crippen LogP contribution in [-0.4, -0.2) is 73.6 Å². The number of carbonyl (C=O) groups excluding carboxylic acids is 2. The van der Waals surface area contributed by atoms with Gasteiger partial charge in [-0.15, -0.1) is 0 Å². The average molecular weight is 531 g/mol. The van der Waals surface area contributed by atoms with E-state index in [1.165, 1.54) is 25.2 Å². The minimum atomic E-state index is -0.868. The van der Waals surface area contributed by atoms with Crippen molar-refractivity contribution in [2.45, 2.75) is 33.2 Å². The van der Waals surface area contributed by atoms with E-state index in [0.29, 0.717) is 47.9 Å². The summed E-state index contributed by atoms with van der Waals surface area (Å²) in [6, 6.07) is 9.08. The molecule has 1 atom stereocenters. The van der Waals surface area contributed by atoms with Crippen LogP contribution in [0.5, 0.6) is 17.2 Å². The summed E-state index contributed by atoms with van der Waals surface area (Å²) in [7, 11) is 3.05. The SMILES string of the molecule is CCOc1ccc(/C(O)=C2\C(=O)C(=O)N(CCCN(CC)CC)[C@@H]2c2cc(OC)ccc2OC)cc1Cl. The Bertz CT molecular complexity index is 1160. The number of aliphatic hydroxyl groups is 1. The average Bonchev–Trinajstić information content (AvgIpc) is 3.16. The molecule has 37 heavy (non-hydrogen) atoms. The van der Waals surface area contributed by atoms with E-state index in [4.69, 9.17) is 25.8 Å². The summed E-state index contributed by atoms with van der Waals surface area (Å²) in [6.45, 7) is 9.31. The first-order chi connectivity index (χ1) is 17.8. The number of halogens is 1. The monoisotopic (exact) mass is 530 g/mol. The van der Waals surface area contributed by atoms with Gasteiger partial charge in [-0.1, -0.05) is 25.4 Å². The lowest BCUT2D eigenvalue weighted by Crippen LogP contribution is -2.33. The number of amides is 1. The molecule has 2 aromatic carbocycles. The number of Topliss-reactive ketones (excluding diaryl/α,β-unsaturated/α-hetero) is 1. The first kappa shape index (κ1) is 28.3. The zero-order chi connectivity index (χ0) is 27.1. The molecular formula is C28H35ClN2O6. The van der Waals surface area contributed by atoms with Crippen molar-refractivity contribution in [1.29, 1.82) is 0 Å². The van der Waals surface area contributed by atoms with Crippen LogP contribution in [0, 0.1) is 0 Å². The lowest BCUT2D eigenvalue weighted by atomic mass is 9.94. The van der Waals surface area contributed by atoms with E-state index >= 15 is 0 Å². The van der Waals surface area contributed by atoms with Crippen molar-refractivity contribution >= 4 is 29.1 Å². The molecule has 1 aliphatic rings. The van der Waals surface area contributed by atoms with Crippen LogP contribution in [0.25, 0.3) is 5.76 Å². The van der Waals surface area contributed by atoms with Crippen molar-refractivity contribution in [2.75, 3.05) is 47.0 Å². The third-order valence-corrected chi connectivity index (χ3v) is 6.84. The highest BCUT2D eigenvalue weighted by Crippen LogP contribution is 2.44. The summed E-state index contributed by atoms with van der Waals surface area (Å²) in [5, 5.41) is 11.7. The fourth-order valence-corrected chi connectivity index (χ4v) is 4.80. The van der Waals surface area contributed by atoms with Crippen molar-refractivity contribution in [3.63, 3.8) is 0 Å². The first-order valence-corrected chi connectivity index (χ1v) is 12.8. The lowest BCUT2D eigenvalue weighted by molar-refractivity contribution is -0.140. The predicted molar refractivity (Wildman–Crippen MR) is 144 cm³/mol. The fraction of sp³-hybridized carbons (Fsp3) is 0.429. The molecule has 0 aliphatic carbocycles.